The summed E-state index contributed by atoms with van der Waals surface area (Å²) in [7, 11) is 0. The Morgan fingerprint density at radius 2 is 2.22 bits per heavy atom. The minimum Gasteiger partial charge on any atom is -0.480 e. The highest BCUT2D eigenvalue weighted by Gasteiger charge is 2.23. The largest absolute Gasteiger partial charge is 0.480 e. The molecule has 1 aromatic heterocycles. The number of aliphatic hydroxyl groups excluding tert-OH is 1. The first-order valence-corrected chi connectivity index (χ1v) is 6.69. The number of rotatable bonds is 5. The highest BCUT2D eigenvalue weighted by atomic mass is 32.1. The number of amides is 1. The molecule has 6 heteroatoms. The molecular formula is C12H15NO4S. The van der Waals surface area contributed by atoms with Crippen LogP contribution in [0.5, 0.6) is 0 Å². The normalized spacial score (nSPS) is 15.2. The molecule has 3 N–H and O–H groups in total. The third kappa shape index (κ3) is 2.70. The monoisotopic (exact) mass is 269 g/mol. The first kappa shape index (κ1) is 13.0. The van der Waals surface area contributed by atoms with E-state index in [0.717, 1.165) is 19.3 Å². The van der Waals surface area contributed by atoms with Gasteiger partial charge in [-0.15, -0.1) is 11.3 Å². The molecule has 0 saturated carbocycles. The van der Waals surface area contributed by atoms with E-state index in [-0.39, 0.29) is 18.9 Å². The van der Waals surface area contributed by atoms with Crippen molar-refractivity contribution in [2.75, 3.05) is 6.61 Å². The molecule has 1 aliphatic rings. The average molecular weight is 269 g/mol. The topological polar surface area (TPSA) is 86.6 Å². The van der Waals surface area contributed by atoms with Crippen molar-refractivity contribution in [2.24, 2.45) is 0 Å². The van der Waals surface area contributed by atoms with Gasteiger partial charge in [0.15, 0.2) is 0 Å². The summed E-state index contributed by atoms with van der Waals surface area (Å²) in [5.41, 5.74) is 1.21. The SMILES string of the molecule is O=C(NC(CCO)C(=O)O)c1cc2c(s1)CCC2. The number of hydrogen-bond donors (Lipinski definition) is 3. The highest BCUT2D eigenvalue weighted by Crippen LogP contribution is 2.30. The number of hydrogen-bond acceptors (Lipinski definition) is 4. The van der Waals surface area contributed by atoms with Gasteiger partial charge >= 0.3 is 5.97 Å². The quantitative estimate of drug-likeness (QED) is 0.738. The van der Waals surface area contributed by atoms with Crippen LogP contribution in [0.3, 0.4) is 0 Å². The van der Waals surface area contributed by atoms with Crippen LogP contribution in [0.4, 0.5) is 0 Å². The fourth-order valence-electron chi connectivity index (χ4n) is 2.06. The van der Waals surface area contributed by atoms with E-state index >= 15 is 0 Å². The lowest BCUT2D eigenvalue weighted by molar-refractivity contribution is -0.139. The first-order valence-electron chi connectivity index (χ1n) is 5.88. The number of carboxylic acid groups (broad SMARTS) is 1. The number of fused-ring (bicyclic) bond motifs is 1. The van der Waals surface area contributed by atoms with Crippen LogP contribution in [0.25, 0.3) is 0 Å². The molecule has 1 heterocycles. The van der Waals surface area contributed by atoms with Gasteiger partial charge in [-0.05, 0) is 30.9 Å². The van der Waals surface area contributed by atoms with Gasteiger partial charge in [-0.2, -0.15) is 0 Å². The second-order valence-corrected chi connectivity index (χ2v) is 5.43. The first-order chi connectivity index (χ1) is 8.61. The Balaban J connectivity index is 2.04. The number of thiophene rings is 1. The molecule has 1 atom stereocenters. The zero-order valence-corrected chi connectivity index (χ0v) is 10.6. The Hall–Kier alpha value is -1.40. The van der Waals surface area contributed by atoms with E-state index in [2.05, 4.69) is 5.32 Å². The molecule has 5 nitrogen and oxygen atoms in total. The van der Waals surface area contributed by atoms with Crippen molar-refractivity contribution in [2.45, 2.75) is 31.7 Å². The summed E-state index contributed by atoms with van der Waals surface area (Å²) in [5, 5.41) is 20.1. The molecule has 1 aromatic rings. The van der Waals surface area contributed by atoms with Crippen molar-refractivity contribution in [3.63, 3.8) is 0 Å². The number of aryl methyl sites for hydroxylation is 2. The van der Waals surface area contributed by atoms with Gasteiger partial charge in [0.1, 0.15) is 6.04 Å². The molecule has 0 radical (unpaired) electrons. The molecule has 18 heavy (non-hydrogen) atoms. The molecule has 98 valence electrons. The molecule has 1 unspecified atom stereocenters. The van der Waals surface area contributed by atoms with E-state index in [0.29, 0.717) is 4.88 Å². The molecule has 0 spiro atoms. The van der Waals surface area contributed by atoms with Crippen LogP contribution in [0.15, 0.2) is 6.07 Å². The van der Waals surface area contributed by atoms with Crippen molar-refractivity contribution in [3.05, 3.63) is 21.4 Å². The predicted octanol–water partition coefficient (Wildman–Crippen LogP) is 0.802. The summed E-state index contributed by atoms with van der Waals surface area (Å²) in [6.45, 7) is -0.266. The van der Waals surface area contributed by atoms with Crippen LogP contribution in [-0.4, -0.2) is 34.7 Å². The van der Waals surface area contributed by atoms with Crippen molar-refractivity contribution in [1.82, 2.24) is 5.32 Å². The van der Waals surface area contributed by atoms with Gasteiger partial charge in [-0.1, -0.05) is 0 Å². The zero-order valence-electron chi connectivity index (χ0n) is 9.81. The minimum absolute atomic E-state index is 0.0200. The fraction of sp³-hybridized carbons (Fsp3) is 0.500. The van der Waals surface area contributed by atoms with Crippen LogP contribution < -0.4 is 5.32 Å². The third-order valence-electron chi connectivity index (χ3n) is 2.99. The molecule has 0 aliphatic heterocycles. The van der Waals surface area contributed by atoms with E-state index in [1.165, 1.54) is 21.8 Å². The lowest BCUT2D eigenvalue weighted by Gasteiger charge is -2.12. The second-order valence-electron chi connectivity index (χ2n) is 4.29. The lowest BCUT2D eigenvalue weighted by Crippen LogP contribution is -2.41. The van der Waals surface area contributed by atoms with Crippen molar-refractivity contribution >= 4 is 23.2 Å². The molecule has 0 bridgehead atoms. The summed E-state index contributed by atoms with van der Waals surface area (Å²) in [5.74, 6) is -1.49. The van der Waals surface area contributed by atoms with Crippen LogP contribution in [-0.2, 0) is 17.6 Å². The van der Waals surface area contributed by atoms with Gasteiger partial charge in [0.2, 0.25) is 0 Å². The van der Waals surface area contributed by atoms with Crippen molar-refractivity contribution < 1.29 is 19.8 Å². The van der Waals surface area contributed by atoms with Gasteiger partial charge < -0.3 is 15.5 Å². The summed E-state index contributed by atoms with van der Waals surface area (Å²) in [6, 6.07) is 0.819. The number of carbonyl (C=O) groups is 2. The molecule has 0 saturated heterocycles. The number of nitrogens with one attached hydrogen (secondary N) is 1. The number of aliphatic carboxylic acids is 1. The Morgan fingerprint density at radius 1 is 1.44 bits per heavy atom. The Bertz CT molecular complexity index is 447. The zero-order chi connectivity index (χ0) is 13.1. The molecule has 1 aliphatic carbocycles. The van der Waals surface area contributed by atoms with Crippen molar-refractivity contribution in [3.8, 4) is 0 Å². The van der Waals surface area contributed by atoms with E-state index in [1.54, 1.807) is 0 Å². The minimum atomic E-state index is -1.12. The predicted molar refractivity (Wildman–Crippen MR) is 66.9 cm³/mol. The Morgan fingerprint density at radius 3 is 2.83 bits per heavy atom. The van der Waals surface area contributed by atoms with E-state index in [1.807, 2.05) is 6.07 Å². The third-order valence-corrected chi connectivity index (χ3v) is 4.23. The van der Waals surface area contributed by atoms with Crippen LogP contribution in [0.1, 0.15) is 33.0 Å². The van der Waals surface area contributed by atoms with Gasteiger partial charge in [0, 0.05) is 17.9 Å². The molecular weight excluding hydrogens is 254 g/mol. The van der Waals surface area contributed by atoms with E-state index in [9.17, 15) is 9.59 Å². The van der Waals surface area contributed by atoms with Crippen molar-refractivity contribution in [1.29, 1.82) is 0 Å². The van der Waals surface area contributed by atoms with Gasteiger partial charge in [0.25, 0.3) is 5.91 Å². The lowest BCUT2D eigenvalue weighted by atomic mass is 10.2. The number of carbonyl (C=O) groups excluding carboxylic acids is 1. The average Bonchev–Trinajstić information content (AvgIpc) is 2.87. The van der Waals surface area contributed by atoms with Gasteiger partial charge in [0.05, 0.1) is 4.88 Å². The summed E-state index contributed by atoms with van der Waals surface area (Å²) in [4.78, 5) is 24.6. The summed E-state index contributed by atoms with van der Waals surface area (Å²) >= 11 is 1.43. The molecule has 0 fully saturated rings. The summed E-state index contributed by atoms with van der Waals surface area (Å²) in [6.07, 6.45) is 3.15. The van der Waals surface area contributed by atoms with Crippen LogP contribution in [0.2, 0.25) is 0 Å². The highest BCUT2D eigenvalue weighted by molar-refractivity contribution is 7.14. The Labute approximate surface area is 108 Å². The maximum atomic E-state index is 11.9. The van der Waals surface area contributed by atoms with Crippen LogP contribution >= 0.6 is 11.3 Å². The maximum absolute atomic E-state index is 11.9. The number of carboxylic acids is 1. The van der Waals surface area contributed by atoms with E-state index in [4.69, 9.17) is 10.2 Å². The van der Waals surface area contributed by atoms with Crippen LogP contribution in [0, 0.1) is 0 Å². The number of aliphatic hydroxyl groups is 1. The fourth-order valence-corrected chi connectivity index (χ4v) is 3.21. The molecule has 2 rings (SSSR count). The smallest absolute Gasteiger partial charge is 0.326 e. The standard InChI is InChI=1S/C12H15NO4S/c14-5-4-8(12(16)17)13-11(15)10-6-7-2-1-3-9(7)18-10/h6,8,14H,1-5H2,(H,13,15)(H,16,17). The Kier molecular flexibility index (Phi) is 3.98. The summed E-state index contributed by atoms with van der Waals surface area (Å²) < 4.78 is 0. The van der Waals surface area contributed by atoms with Gasteiger partial charge in [-0.25, -0.2) is 4.79 Å². The second kappa shape index (κ2) is 5.49. The van der Waals surface area contributed by atoms with Gasteiger partial charge in [-0.3, -0.25) is 4.79 Å². The molecule has 1 amide bonds. The maximum Gasteiger partial charge on any atom is 0.326 e. The van der Waals surface area contributed by atoms with E-state index < -0.39 is 12.0 Å². The molecule has 0 aromatic carbocycles.